The molecule has 0 amide bonds. The maximum absolute atomic E-state index is 12.2. The molecule has 1 fully saturated rings. The van der Waals surface area contributed by atoms with Crippen LogP contribution in [0, 0.1) is 0 Å². The van der Waals surface area contributed by atoms with Crippen molar-refractivity contribution in [2.45, 2.75) is 42.3 Å². The Labute approximate surface area is 114 Å². The van der Waals surface area contributed by atoms with E-state index in [1.54, 1.807) is 12.1 Å². The molecule has 0 spiro atoms. The summed E-state index contributed by atoms with van der Waals surface area (Å²) in [6.07, 6.45) is 2.22. The van der Waals surface area contributed by atoms with Gasteiger partial charge in [-0.3, -0.25) is 0 Å². The Hall–Kier alpha value is -0.880. The molecule has 2 rings (SSSR count). The Kier molecular flexibility index (Phi) is 4.62. The van der Waals surface area contributed by atoms with Gasteiger partial charge in [-0.15, -0.1) is 0 Å². The van der Waals surface area contributed by atoms with E-state index in [1.807, 2.05) is 6.92 Å². The molecule has 0 unspecified atom stereocenters. The van der Waals surface area contributed by atoms with E-state index in [4.69, 9.17) is 4.74 Å². The molecule has 1 aliphatic carbocycles. The van der Waals surface area contributed by atoms with Crippen molar-refractivity contribution in [1.29, 1.82) is 0 Å². The van der Waals surface area contributed by atoms with E-state index in [9.17, 15) is 13.2 Å². The van der Waals surface area contributed by atoms with E-state index in [-0.39, 0.29) is 16.7 Å². The molecule has 0 heterocycles. The predicted molar refractivity (Wildman–Crippen MR) is 70.4 cm³/mol. The molecule has 6 heteroatoms. The lowest BCUT2D eigenvalue weighted by atomic mass is 9.89. The highest BCUT2D eigenvalue weighted by molar-refractivity contribution is 8.00. The van der Waals surface area contributed by atoms with Crippen LogP contribution in [0.4, 0.5) is 18.9 Å². The van der Waals surface area contributed by atoms with Crippen molar-refractivity contribution >= 4 is 17.4 Å². The number of hydrogen-bond donors (Lipinski definition) is 1. The molecule has 1 aliphatic rings. The van der Waals surface area contributed by atoms with Crippen LogP contribution in [-0.2, 0) is 4.74 Å². The van der Waals surface area contributed by atoms with Crippen molar-refractivity contribution in [2.24, 2.45) is 0 Å². The lowest BCUT2D eigenvalue weighted by molar-refractivity contribution is -0.0328. The molecule has 0 aliphatic heterocycles. The highest BCUT2D eigenvalue weighted by Gasteiger charge is 2.30. The fourth-order valence-electron chi connectivity index (χ4n) is 2.04. The zero-order valence-electron chi connectivity index (χ0n) is 10.5. The summed E-state index contributed by atoms with van der Waals surface area (Å²) in [4.78, 5) is 0.207. The molecular weight excluding hydrogens is 275 g/mol. The summed E-state index contributed by atoms with van der Waals surface area (Å²) < 4.78 is 41.9. The SMILES string of the molecule is CCOC1CC(Nc2ccc(SC(F)(F)F)cc2)C1. The number of hydrogen-bond acceptors (Lipinski definition) is 3. The summed E-state index contributed by atoms with van der Waals surface area (Å²) in [7, 11) is 0. The molecule has 2 nitrogen and oxygen atoms in total. The first-order valence-corrected chi connectivity index (χ1v) is 7.02. The highest BCUT2D eigenvalue weighted by Crippen LogP contribution is 2.37. The number of benzene rings is 1. The van der Waals surface area contributed by atoms with E-state index in [2.05, 4.69) is 5.32 Å². The van der Waals surface area contributed by atoms with Gasteiger partial charge in [0.05, 0.1) is 6.10 Å². The summed E-state index contributed by atoms with van der Waals surface area (Å²) in [6.45, 7) is 2.69. The van der Waals surface area contributed by atoms with Crippen LogP contribution in [0.5, 0.6) is 0 Å². The van der Waals surface area contributed by atoms with Crippen molar-refractivity contribution in [3.8, 4) is 0 Å². The number of thioether (sulfide) groups is 1. The van der Waals surface area contributed by atoms with Crippen LogP contribution >= 0.6 is 11.8 Å². The molecule has 1 saturated carbocycles. The van der Waals surface area contributed by atoms with Crippen LogP contribution in [-0.4, -0.2) is 24.3 Å². The molecule has 1 aromatic rings. The maximum atomic E-state index is 12.2. The minimum absolute atomic E-state index is 0.0927. The van der Waals surface area contributed by atoms with E-state index in [0.717, 1.165) is 25.1 Å². The summed E-state index contributed by atoms with van der Waals surface area (Å²) in [5.41, 5.74) is -3.38. The highest BCUT2D eigenvalue weighted by atomic mass is 32.2. The average Bonchev–Trinajstić information content (AvgIpc) is 2.27. The lowest BCUT2D eigenvalue weighted by Crippen LogP contribution is -2.40. The van der Waals surface area contributed by atoms with Crippen molar-refractivity contribution in [3.05, 3.63) is 24.3 Å². The fourth-order valence-corrected chi connectivity index (χ4v) is 2.58. The van der Waals surface area contributed by atoms with Crippen LogP contribution in [0.1, 0.15) is 19.8 Å². The number of halogens is 3. The van der Waals surface area contributed by atoms with Gasteiger partial charge in [0.25, 0.3) is 0 Å². The summed E-state index contributed by atoms with van der Waals surface area (Å²) in [6, 6.07) is 6.69. The van der Waals surface area contributed by atoms with Gasteiger partial charge in [0.1, 0.15) is 0 Å². The van der Waals surface area contributed by atoms with Crippen molar-refractivity contribution in [2.75, 3.05) is 11.9 Å². The second kappa shape index (κ2) is 6.05. The van der Waals surface area contributed by atoms with Crippen molar-refractivity contribution in [3.63, 3.8) is 0 Å². The van der Waals surface area contributed by atoms with Gasteiger partial charge in [0.15, 0.2) is 0 Å². The zero-order chi connectivity index (χ0) is 13.9. The third kappa shape index (κ3) is 4.62. The Morgan fingerprint density at radius 3 is 2.42 bits per heavy atom. The molecular formula is C13H16F3NOS. The van der Waals surface area contributed by atoms with Crippen molar-refractivity contribution in [1.82, 2.24) is 0 Å². The number of rotatable bonds is 5. The van der Waals surface area contributed by atoms with Crippen LogP contribution in [0.15, 0.2) is 29.2 Å². The quantitative estimate of drug-likeness (QED) is 0.818. The van der Waals surface area contributed by atoms with E-state index >= 15 is 0 Å². The Morgan fingerprint density at radius 2 is 1.89 bits per heavy atom. The zero-order valence-corrected chi connectivity index (χ0v) is 11.4. The van der Waals surface area contributed by atoms with Gasteiger partial charge in [-0.1, -0.05) is 0 Å². The van der Waals surface area contributed by atoms with Gasteiger partial charge in [-0.2, -0.15) is 13.2 Å². The van der Waals surface area contributed by atoms with Crippen LogP contribution in [0.2, 0.25) is 0 Å². The van der Waals surface area contributed by atoms with E-state index in [0.29, 0.717) is 12.1 Å². The summed E-state index contributed by atoms with van der Waals surface area (Å²) in [5.74, 6) is 0. The third-order valence-electron chi connectivity index (χ3n) is 2.96. The lowest BCUT2D eigenvalue weighted by Gasteiger charge is -2.36. The molecule has 0 saturated heterocycles. The number of nitrogens with one attached hydrogen (secondary N) is 1. The number of ether oxygens (including phenoxy) is 1. The molecule has 19 heavy (non-hydrogen) atoms. The van der Waals surface area contributed by atoms with Crippen LogP contribution in [0.25, 0.3) is 0 Å². The standard InChI is InChI=1S/C13H16F3NOS/c1-2-18-11-7-10(8-11)17-9-3-5-12(6-4-9)19-13(14,15)16/h3-6,10-11,17H,2,7-8H2,1H3. The van der Waals surface area contributed by atoms with Gasteiger partial charge >= 0.3 is 5.51 Å². The summed E-state index contributed by atoms with van der Waals surface area (Å²) in [5, 5.41) is 3.29. The predicted octanol–water partition coefficient (Wildman–Crippen LogP) is 4.28. The first-order chi connectivity index (χ1) is 8.96. The number of anilines is 1. The largest absolute Gasteiger partial charge is 0.446 e. The Morgan fingerprint density at radius 1 is 1.26 bits per heavy atom. The first-order valence-electron chi connectivity index (χ1n) is 6.20. The Bertz CT molecular complexity index is 401. The molecule has 1 N–H and O–H groups in total. The second-order valence-electron chi connectivity index (χ2n) is 4.46. The van der Waals surface area contributed by atoms with Gasteiger partial charge in [0.2, 0.25) is 0 Å². The molecule has 0 aromatic heterocycles. The maximum Gasteiger partial charge on any atom is 0.446 e. The molecule has 0 bridgehead atoms. The molecule has 0 atom stereocenters. The second-order valence-corrected chi connectivity index (χ2v) is 5.60. The first kappa shape index (κ1) is 14.5. The fraction of sp³-hybridized carbons (Fsp3) is 0.538. The van der Waals surface area contributed by atoms with Crippen LogP contribution < -0.4 is 5.32 Å². The monoisotopic (exact) mass is 291 g/mol. The van der Waals surface area contributed by atoms with Gasteiger partial charge in [-0.25, -0.2) is 0 Å². The van der Waals surface area contributed by atoms with Crippen LogP contribution in [0.3, 0.4) is 0 Å². The van der Waals surface area contributed by atoms with Gasteiger partial charge in [-0.05, 0) is 55.8 Å². The van der Waals surface area contributed by atoms with Gasteiger partial charge < -0.3 is 10.1 Å². The topological polar surface area (TPSA) is 21.3 Å². The van der Waals surface area contributed by atoms with E-state index in [1.165, 1.54) is 12.1 Å². The van der Waals surface area contributed by atoms with Crippen molar-refractivity contribution < 1.29 is 17.9 Å². The van der Waals surface area contributed by atoms with Gasteiger partial charge in [0, 0.05) is 23.2 Å². The third-order valence-corrected chi connectivity index (χ3v) is 3.70. The minimum atomic E-state index is -4.23. The number of alkyl halides is 3. The van der Waals surface area contributed by atoms with E-state index < -0.39 is 5.51 Å². The molecule has 1 aromatic carbocycles. The summed E-state index contributed by atoms with van der Waals surface area (Å²) >= 11 is -0.0927. The minimum Gasteiger partial charge on any atom is -0.382 e. The molecule has 106 valence electrons. The normalized spacial score (nSPS) is 22.9. The molecule has 0 radical (unpaired) electrons. The smallest absolute Gasteiger partial charge is 0.382 e. The average molecular weight is 291 g/mol. The Balaban J connectivity index is 1.80.